The lowest BCUT2D eigenvalue weighted by atomic mass is 10.1. The van der Waals surface area contributed by atoms with Crippen molar-refractivity contribution < 1.29 is 0 Å². The summed E-state index contributed by atoms with van der Waals surface area (Å²) in [5.41, 5.74) is 2.03. The quantitative estimate of drug-likeness (QED) is 0.647. The summed E-state index contributed by atoms with van der Waals surface area (Å²) in [5, 5.41) is 3.95. The van der Waals surface area contributed by atoms with Gasteiger partial charge >= 0.3 is 0 Å². The molecule has 0 saturated heterocycles. The molecule has 0 fully saturated rings. The third-order valence-corrected chi connectivity index (χ3v) is 4.34. The van der Waals surface area contributed by atoms with Gasteiger partial charge in [0.25, 0.3) is 0 Å². The number of benzene rings is 1. The van der Waals surface area contributed by atoms with Crippen LogP contribution >= 0.6 is 22.9 Å². The second-order valence-electron chi connectivity index (χ2n) is 4.23. The molecule has 0 aliphatic carbocycles. The van der Waals surface area contributed by atoms with Crippen LogP contribution in [0.25, 0.3) is 21.3 Å². The number of hydrogen-bond donors (Lipinski definition) is 0. The van der Waals surface area contributed by atoms with E-state index in [-0.39, 0.29) is 0 Å². The van der Waals surface area contributed by atoms with Crippen molar-refractivity contribution in [3.63, 3.8) is 0 Å². The van der Waals surface area contributed by atoms with Gasteiger partial charge in [-0.05, 0) is 30.9 Å². The highest BCUT2D eigenvalue weighted by Gasteiger charge is 2.07. The Morgan fingerprint density at radius 2 is 1.94 bits per heavy atom. The monoisotopic (exact) mass is 274 g/mol. The van der Waals surface area contributed by atoms with Crippen LogP contribution in [0.3, 0.4) is 0 Å². The van der Waals surface area contributed by atoms with Crippen molar-refractivity contribution in [3.05, 3.63) is 46.2 Å². The minimum absolute atomic E-state index is 0.784. The predicted molar refractivity (Wildman–Crippen MR) is 77.3 cm³/mol. The summed E-state index contributed by atoms with van der Waals surface area (Å²) in [6.07, 6.45) is 3.71. The number of rotatable bonds is 1. The van der Waals surface area contributed by atoms with Crippen molar-refractivity contribution in [1.29, 1.82) is 0 Å². The Bertz CT molecular complexity index is 734. The fraction of sp³-hybridized carbons (Fsp3) is 0.143. The number of hydrogen-bond acceptors (Lipinski definition) is 3. The van der Waals surface area contributed by atoms with Gasteiger partial charge in [0.05, 0.1) is 20.6 Å². The average molecular weight is 275 g/mol. The molecule has 0 aliphatic rings. The Labute approximate surface area is 114 Å². The van der Waals surface area contributed by atoms with Gasteiger partial charge in [0, 0.05) is 17.8 Å². The average Bonchev–Trinajstić information content (AvgIpc) is 2.80. The molecule has 0 unspecified atom stereocenters. The molecule has 0 spiro atoms. The lowest BCUT2D eigenvalue weighted by Crippen LogP contribution is -1.84. The van der Waals surface area contributed by atoms with Gasteiger partial charge in [0.15, 0.2) is 0 Å². The van der Waals surface area contributed by atoms with E-state index in [2.05, 4.69) is 22.1 Å². The fourth-order valence-corrected chi connectivity index (χ4v) is 2.87. The molecule has 2 aromatic heterocycles. The van der Waals surface area contributed by atoms with Crippen LogP contribution in [-0.4, -0.2) is 9.97 Å². The SMILES string of the molecule is Cc1ncc(-c2cc3ccc(C)c(Cl)c3cn2)s1. The van der Waals surface area contributed by atoms with Gasteiger partial charge in [-0.1, -0.05) is 23.7 Å². The second-order valence-corrected chi connectivity index (χ2v) is 5.84. The van der Waals surface area contributed by atoms with Gasteiger partial charge in [-0.25, -0.2) is 4.98 Å². The molecule has 0 amide bonds. The van der Waals surface area contributed by atoms with Crippen molar-refractivity contribution in [2.24, 2.45) is 0 Å². The van der Waals surface area contributed by atoms with Gasteiger partial charge in [-0.2, -0.15) is 0 Å². The van der Waals surface area contributed by atoms with E-state index in [1.165, 1.54) is 0 Å². The van der Waals surface area contributed by atoms with Crippen molar-refractivity contribution in [2.75, 3.05) is 0 Å². The van der Waals surface area contributed by atoms with Crippen LogP contribution in [0.2, 0.25) is 5.02 Å². The molecule has 0 saturated carbocycles. The summed E-state index contributed by atoms with van der Waals surface area (Å²) in [5.74, 6) is 0. The summed E-state index contributed by atoms with van der Waals surface area (Å²) in [7, 11) is 0. The highest BCUT2D eigenvalue weighted by Crippen LogP contribution is 2.30. The topological polar surface area (TPSA) is 25.8 Å². The van der Waals surface area contributed by atoms with E-state index in [9.17, 15) is 0 Å². The minimum Gasteiger partial charge on any atom is -0.255 e. The lowest BCUT2D eigenvalue weighted by Gasteiger charge is -2.04. The molecule has 4 heteroatoms. The number of aryl methyl sites for hydroxylation is 2. The van der Waals surface area contributed by atoms with Crippen LogP contribution in [0.15, 0.2) is 30.6 Å². The fourth-order valence-electron chi connectivity index (χ4n) is 1.91. The smallest absolute Gasteiger partial charge is 0.0901 e. The van der Waals surface area contributed by atoms with E-state index in [1.807, 2.05) is 32.3 Å². The second kappa shape index (κ2) is 4.34. The molecule has 0 atom stereocenters. The molecule has 1 aromatic carbocycles. The third-order valence-electron chi connectivity index (χ3n) is 2.91. The van der Waals surface area contributed by atoms with E-state index in [4.69, 9.17) is 11.6 Å². The molecule has 3 rings (SSSR count). The molecule has 2 heterocycles. The van der Waals surface area contributed by atoms with Crippen LogP contribution < -0.4 is 0 Å². The van der Waals surface area contributed by atoms with Crippen molar-refractivity contribution in [3.8, 4) is 10.6 Å². The first kappa shape index (κ1) is 11.6. The van der Waals surface area contributed by atoms with Crippen LogP contribution in [0.4, 0.5) is 0 Å². The predicted octanol–water partition coefficient (Wildman–Crippen LogP) is 4.63. The largest absolute Gasteiger partial charge is 0.255 e. The summed E-state index contributed by atoms with van der Waals surface area (Å²) in [6, 6.07) is 6.18. The van der Waals surface area contributed by atoms with Crippen LogP contribution in [0.5, 0.6) is 0 Å². The maximum atomic E-state index is 6.28. The number of pyridine rings is 1. The van der Waals surface area contributed by atoms with Crippen LogP contribution in [-0.2, 0) is 0 Å². The molecule has 90 valence electrons. The molecule has 3 aromatic rings. The maximum absolute atomic E-state index is 6.28. The Morgan fingerprint density at radius 1 is 1.11 bits per heavy atom. The first-order chi connectivity index (χ1) is 8.65. The van der Waals surface area contributed by atoms with E-state index < -0.39 is 0 Å². The highest BCUT2D eigenvalue weighted by molar-refractivity contribution is 7.15. The number of fused-ring (bicyclic) bond motifs is 1. The van der Waals surface area contributed by atoms with Gasteiger partial charge in [-0.3, -0.25) is 4.98 Å². The van der Waals surface area contributed by atoms with Gasteiger partial charge < -0.3 is 0 Å². The Kier molecular flexibility index (Phi) is 2.80. The summed E-state index contributed by atoms with van der Waals surface area (Å²) >= 11 is 7.93. The zero-order valence-corrected chi connectivity index (χ0v) is 11.6. The number of thiazole rings is 1. The number of aromatic nitrogens is 2. The Hall–Kier alpha value is -1.45. The van der Waals surface area contributed by atoms with Crippen LogP contribution in [0, 0.1) is 13.8 Å². The van der Waals surface area contributed by atoms with Gasteiger partial charge in [-0.15, -0.1) is 11.3 Å². The number of halogens is 1. The molecule has 2 nitrogen and oxygen atoms in total. The Balaban J connectivity index is 2.20. The summed E-state index contributed by atoms with van der Waals surface area (Å²) in [6.45, 7) is 4.00. The van der Waals surface area contributed by atoms with E-state index in [0.29, 0.717) is 0 Å². The molecule has 0 radical (unpaired) electrons. The minimum atomic E-state index is 0.784. The highest BCUT2D eigenvalue weighted by atomic mass is 35.5. The molecular weight excluding hydrogens is 264 g/mol. The Morgan fingerprint density at radius 3 is 2.67 bits per heavy atom. The first-order valence-corrected chi connectivity index (χ1v) is 6.82. The standard InChI is InChI=1S/C14H11ClN2S/c1-8-3-4-10-5-12(13-7-16-9(2)18-13)17-6-11(10)14(8)15/h3-7H,1-2H3. The maximum Gasteiger partial charge on any atom is 0.0901 e. The zero-order valence-electron chi connectivity index (χ0n) is 10.1. The van der Waals surface area contributed by atoms with Crippen molar-refractivity contribution in [1.82, 2.24) is 9.97 Å². The van der Waals surface area contributed by atoms with E-state index in [0.717, 1.165) is 36.9 Å². The molecular formula is C14H11ClN2S. The number of nitrogens with zero attached hydrogens (tertiary/aromatic N) is 2. The molecule has 0 bridgehead atoms. The normalized spacial score (nSPS) is 11.1. The zero-order chi connectivity index (χ0) is 12.7. The summed E-state index contributed by atoms with van der Waals surface area (Å²) < 4.78 is 0. The van der Waals surface area contributed by atoms with Crippen molar-refractivity contribution in [2.45, 2.75) is 13.8 Å². The summed E-state index contributed by atoms with van der Waals surface area (Å²) in [4.78, 5) is 9.82. The van der Waals surface area contributed by atoms with Gasteiger partial charge in [0.1, 0.15) is 0 Å². The molecule has 0 N–H and O–H groups in total. The van der Waals surface area contributed by atoms with Gasteiger partial charge in [0.2, 0.25) is 0 Å². The van der Waals surface area contributed by atoms with E-state index >= 15 is 0 Å². The molecule has 0 aliphatic heterocycles. The lowest BCUT2D eigenvalue weighted by molar-refractivity contribution is 1.29. The molecule has 18 heavy (non-hydrogen) atoms. The first-order valence-electron chi connectivity index (χ1n) is 5.63. The van der Waals surface area contributed by atoms with Crippen LogP contribution in [0.1, 0.15) is 10.6 Å². The third kappa shape index (κ3) is 1.89. The van der Waals surface area contributed by atoms with E-state index in [1.54, 1.807) is 11.3 Å². The van der Waals surface area contributed by atoms with Crippen molar-refractivity contribution >= 4 is 33.7 Å².